The van der Waals surface area contributed by atoms with Crippen molar-refractivity contribution in [1.82, 2.24) is 9.88 Å². The molecule has 0 bridgehead atoms. The molecule has 1 aromatic heterocycles. The van der Waals surface area contributed by atoms with Crippen molar-refractivity contribution in [2.45, 2.75) is 25.8 Å². The molecule has 1 aliphatic heterocycles. The number of rotatable bonds is 4. The van der Waals surface area contributed by atoms with E-state index in [0.29, 0.717) is 11.1 Å². The molecular formula is C12H17BrClN3. The molecular weight excluding hydrogens is 302 g/mol. The fourth-order valence-corrected chi connectivity index (χ4v) is 2.88. The van der Waals surface area contributed by atoms with Crippen LogP contribution in [-0.2, 0) is 0 Å². The molecule has 1 fully saturated rings. The third-order valence-electron chi connectivity index (χ3n) is 3.14. The lowest BCUT2D eigenvalue weighted by Gasteiger charge is -2.24. The third kappa shape index (κ3) is 3.57. The van der Waals surface area contributed by atoms with E-state index in [4.69, 9.17) is 11.6 Å². The number of hydrogen-bond donors (Lipinski definition) is 1. The molecule has 1 saturated heterocycles. The average Bonchev–Trinajstić information content (AvgIpc) is 2.81. The summed E-state index contributed by atoms with van der Waals surface area (Å²) >= 11 is 9.31. The predicted octanol–water partition coefficient (Wildman–Crippen LogP) is 3.39. The first-order chi connectivity index (χ1) is 8.16. The molecule has 1 N–H and O–H groups in total. The average molecular weight is 319 g/mol. The summed E-state index contributed by atoms with van der Waals surface area (Å²) in [7, 11) is 0. The number of halogens is 2. The normalized spacial score (nSPS) is 18.3. The van der Waals surface area contributed by atoms with Crippen LogP contribution in [0.4, 0.5) is 5.82 Å². The molecule has 1 atom stereocenters. The molecule has 3 nitrogen and oxygen atoms in total. The highest BCUT2D eigenvalue weighted by Gasteiger charge is 2.17. The Balaban J connectivity index is 1.88. The highest BCUT2D eigenvalue weighted by atomic mass is 79.9. The molecule has 0 spiro atoms. The zero-order valence-electron chi connectivity index (χ0n) is 9.92. The van der Waals surface area contributed by atoms with E-state index in [2.05, 4.69) is 38.1 Å². The zero-order valence-corrected chi connectivity index (χ0v) is 12.3. The number of hydrogen-bond acceptors (Lipinski definition) is 3. The van der Waals surface area contributed by atoms with E-state index in [9.17, 15) is 0 Å². The Kier molecular flexibility index (Phi) is 4.65. The van der Waals surface area contributed by atoms with E-state index in [1.807, 2.05) is 6.07 Å². The van der Waals surface area contributed by atoms with Gasteiger partial charge in [0.1, 0.15) is 5.82 Å². The highest BCUT2D eigenvalue weighted by Crippen LogP contribution is 2.23. The molecule has 0 amide bonds. The van der Waals surface area contributed by atoms with Crippen LogP contribution >= 0.6 is 27.5 Å². The van der Waals surface area contributed by atoms with Gasteiger partial charge in [-0.05, 0) is 54.9 Å². The van der Waals surface area contributed by atoms with Gasteiger partial charge in [0.2, 0.25) is 0 Å². The Morgan fingerprint density at radius 2 is 2.24 bits per heavy atom. The lowest BCUT2D eigenvalue weighted by Crippen LogP contribution is -2.35. The quantitative estimate of drug-likeness (QED) is 0.922. The van der Waals surface area contributed by atoms with Crippen LogP contribution in [0.1, 0.15) is 19.8 Å². The van der Waals surface area contributed by atoms with Crippen LogP contribution in [0.3, 0.4) is 0 Å². The second-order valence-corrected chi connectivity index (χ2v) is 5.75. The van der Waals surface area contributed by atoms with Gasteiger partial charge < -0.3 is 5.32 Å². The lowest BCUT2D eigenvalue weighted by atomic mass is 10.3. The molecule has 0 aliphatic carbocycles. The zero-order chi connectivity index (χ0) is 12.3. The minimum absolute atomic E-state index is 0.543. The van der Waals surface area contributed by atoms with Crippen molar-refractivity contribution in [1.29, 1.82) is 0 Å². The summed E-state index contributed by atoms with van der Waals surface area (Å²) in [6.45, 7) is 5.60. The van der Waals surface area contributed by atoms with Crippen LogP contribution in [0, 0.1) is 0 Å². The predicted molar refractivity (Wildman–Crippen MR) is 75.7 cm³/mol. The van der Waals surface area contributed by atoms with E-state index in [-0.39, 0.29) is 0 Å². The number of nitrogens with zero attached hydrogens (tertiary/aromatic N) is 2. The number of anilines is 1. The van der Waals surface area contributed by atoms with Crippen LogP contribution in [0.5, 0.6) is 0 Å². The molecule has 1 aromatic rings. The topological polar surface area (TPSA) is 28.2 Å². The molecule has 94 valence electrons. The summed E-state index contributed by atoms with van der Waals surface area (Å²) < 4.78 is 0.915. The van der Waals surface area contributed by atoms with Crippen LogP contribution in [0.2, 0.25) is 5.02 Å². The second kappa shape index (κ2) is 6.03. The Labute approximate surface area is 116 Å². The minimum Gasteiger partial charge on any atom is -0.368 e. The van der Waals surface area contributed by atoms with Gasteiger partial charge in [0.15, 0.2) is 0 Å². The van der Waals surface area contributed by atoms with Crippen molar-refractivity contribution in [3.63, 3.8) is 0 Å². The SMILES string of the molecule is CC(CNc1ncc(Cl)cc1Br)N1CCCC1. The van der Waals surface area contributed by atoms with Crippen molar-refractivity contribution >= 4 is 33.3 Å². The van der Waals surface area contributed by atoms with E-state index >= 15 is 0 Å². The first-order valence-corrected chi connectivity index (χ1v) is 7.13. The maximum atomic E-state index is 5.85. The van der Waals surface area contributed by atoms with E-state index < -0.39 is 0 Å². The van der Waals surface area contributed by atoms with Crippen molar-refractivity contribution in [2.24, 2.45) is 0 Å². The first-order valence-electron chi connectivity index (χ1n) is 5.96. The first kappa shape index (κ1) is 13.1. The molecule has 2 heterocycles. The summed E-state index contributed by atoms with van der Waals surface area (Å²) in [4.78, 5) is 6.78. The van der Waals surface area contributed by atoms with E-state index in [0.717, 1.165) is 16.8 Å². The van der Waals surface area contributed by atoms with E-state index in [1.54, 1.807) is 6.20 Å². The summed E-state index contributed by atoms with van der Waals surface area (Å²) in [5.74, 6) is 0.862. The molecule has 1 aliphatic rings. The van der Waals surface area contributed by atoms with E-state index in [1.165, 1.54) is 25.9 Å². The molecule has 0 aromatic carbocycles. The van der Waals surface area contributed by atoms with Crippen molar-refractivity contribution in [3.05, 3.63) is 21.8 Å². The minimum atomic E-state index is 0.543. The van der Waals surface area contributed by atoms with Crippen LogP contribution in [0.15, 0.2) is 16.7 Å². The molecule has 0 saturated carbocycles. The fourth-order valence-electron chi connectivity index (χ4n) is 2.10. The summed E-state index contributed by atoms with van der Waals surface area (Å²) in [5.41, 5.74) is 0. The Bertz CT molecular complexity index is 380. The van der Waals surface area contributed by atoms with Gasteiger partial charge >= 0.3 is 0 Å². The second-order valence-electron chi connectivity index (χ2n) is 4.46. The summed E-state index contributed by atoms with van der Waals surface area (Å²) in [6.07, 6.45) is 4.32. The number of pyridine rings is 1. The summed E-state index contributed by atoms with van der Waals surface area (Å²) in [6, 6.07) is 2.40. The van der Waals surface area contributed by atoms with Gasteiger partial charge in [0.25, 0.3) is 0 Å². The monoisotopic (exact) mass is 317 g/mol. The maximum Gasteiger partial charge on any atom is 0.140 e. The third-order valence-corrected chi connectivity index (χ3v) is 3.95. The highest BCUT2D eigenvalue weighted by molar-refractivity contribution is 9.10. The van der Waals surface area contributed by atoms with Crippen LogP contribution in [0.25, 0.3) is 0 Å². The van der Waals surface area contributed by atoms with Gasteiger partial charge in [-0.15, -0.1) is 0 Å². The Morgan fingerprint density at radius 1 is 1.53 bits per heavy atom. The fraction of sp³-hybridized carbons (Fsp3) is 0.583. The van der Waals surface area contributed by atoms with Gasteiger partial charge in [-0.25, -0.2) is 4.98 Å². The van der Waals surface area contributed by atoms with Gasteiger partial charge in [-0.1, -0.05) is 11.6 Å². The summed E-state index contributed by atoms with van der Waals surface area (Å²) in [5, 5.41) is 4.01. The number of nitrogens with one attached hydrogen (secondary N) is 1. The maximum absolute atomic E-state index is 5.85. The largest absolute Gasteiger partial charge is 0.368 e. The standard InChI is InChI=1S/C12H17BrClN3/c1-9(17-4-2-3-5-17)7-15-12-11(13)6-10(14)8-16-12/h6,8-9H,2-5,7H2,1H3,(H,15,16). The smallest absolute Gasteiger partial charge is 0.140 e. The molecule has 2 rings (SSSR count). The van der Waals surface area contributed by atoms with Gasteiger partial charge in [-0.3, -0.25) is 4.90 Å². The molecule has 1 unspecified atom stereocenters. The lowest BCUT2D eigenvalue weighted by molar-refractivity contribution is 0.269. The van der Waals surface area contributed by atoms with Gasteiger partial charge in [-0.2, -0.15) is 0 Å². The number of aromatic nitrogens is 1. The molecule has 5 heteroatoms. The molecule has 0 radical (unpaired) electrons. The van der Waals surface area contributed by atoms with Gasteiger partial charge in [0, 0.05) is 18.8 Å². The van der Waals surface area contributed by atoms with Crippen molar-refractivity contribution < 1.29 is 0 Å². The van der Waals surface area contributed by atoms with Gasteiger partial charge in [0.05, 0.1) is 9.50 Å². The number of likely N-dealkylation sites (tertiary alicyclic amines) is 1. The van der Waals surface area contributed by atoms with Crippen LogP contribution < -0.4 is 5.32 Å². The Hall–Kier alpha value is -0.320. The van der Waals surface area contributed by atoms with Crippen molar-refractivity contribution in [2.75, 3.05) is 25.0 Å². The Morgan fingerprint density at radius 3 is 2.88 bits per heavy atom. The molecule has 17 heavy (non-hydrogen) atoms. The van der Waals surface area contributed by atoms with Crippen molar-refractivity contribution in [3.8, 4) is 0 Å². The van der Waals surface area contributed by atoms with Crippen LogP contribution in [-0.4, -0.2) is 35.6 Å².